The van der Waals surface area contributed by atoms with E-state index >= 15 is 0 Å². The summed E-state index contributed by atoms with van der Waals surface area (Å²) in [6.07, 6.45) is 0. The Labute approximate surface area is 140 Å². The van der Waals surface area contributed by atoms with Crippen LogP contribution in [-0.2, 0) is 9.59 Å². The smallest absolute Gasteiger partial charge is 0.241 e. The minimum Gasteiger partial charge on any atom is -0.493 e. The van der Waals surface area contributed by atoms with Gasteiger partial charge in [-0.1, -0.05) is 0 Å². The molecule has 1 saturated heterocycles. The summed E-state index contributed by atoms with van der Waals surface area (Å²) in [6, 6.07) is 2.66. The lowest BCUT2D eigenvalue weighted by molar-refractivity contribution is -0.137. The SMILES string of the molecule is COc1cc(F)c(NCC(=O)N2CCN(C(C)=O)CC2)cc1OC. The number of amides is 2. The summed E-state index contributed by atoms with van der Waals surface area (Å²) in [5.74, 6) is -0.00184. The quantitative estimate of drug-likeness (QED) is 0.865. The van der Waals surface area contributed by atoms with Crippen LogP contribution in [0.1, 0.15) is 6.92 Å². The van der Waals surface area contributed by atoms with Crippen LogP contribution in [0.4, 0.5) is 10.1 Å². The largest absolute Gasteiger partial charge is 0.493 e. The Kier molecular flexibility index (Phi) is 5.83. The lowest BCUT2D eigenvalue weighted by Gasteiger charge is -2.34. The standard InChI is InChI=1S/C16H22FN3O4/c1-11(21)19-4-6-20(7-5-19)16(22)10-18-13-9-15(24-3)14(23-2)8-12(13)17/h8-9,18H,4-7,10H2,1-3H3. The first-order chi connectivity index (χ1) is 11.5. The van der Waals surface area contributed by atoms with Crippen LogP contribution in [0.2, 0.25) is 0 Å². The van der Waals surface area contributed by atoms with Gasteiger partial charge >= 0.3 is 0 Å². The number of nitrogens with zero attached hydrogens (tertiary/aromatic N) is 2. The third-order valence-corrected chi connectivity index (χ3v) is 3.98. The molecule has 0 spiro atoms. The average molecular weight is 339 g/mol. The van der Waals surface area contributed by atoms with Gasteiger partial charge in [-0.3, -0.25) is 9.59 Å². The second kappa shape index (κ2) is 7.85. The third kappa shape index (κ3) is 4.06. The molecular weight excluding hydrogens is 317 g/mol. The second-order valence-corrected chi connectivity index (χ2v) is 5.43. The molecule has 1 aromatic carbocycles. The molecular formula is C16H22FN3O4. The Bertz CT molecular complexity index is 616. The van der Waals surface area contributed by atoms with E-state index in [0.29, 0.717) is 31.9 Å². The Balaban J connectivity index is 1.94. The summed E-state index contributed by atoms with van der Waals surface area (Å²) >= 11 is 0. The molecule has 0 aromatic heterocycles. The molecule has 1 heterocycles. The van der Waals surface area contributed by atoms with Crippen LogP contribution >= 0.6 is 0 Å². The lowest BCUT2D eigenvalue weighted by atomic mass is 10.2. The van der Waals surface area contributed by atoms with Crippen LogP contribution in [-0.4, -0.2) is 68.6 Å². The molecule has 1 N–H and O–H groups in total. The molecule has 1 aromatic rings. The van der Waals surface area contributed by atoms with E-state index in [2.05, 4.69) is 5.32 Å². The van der Waals surface area contributed by atoms with Gasteiger partial charge in [0.15, 0.2) is 11.5 Å². The number of methoxy groups -OCH3 is 2. The van der Waals surface area contributed by atoms with Gasteiger partial charge in [0.1, 0.15) is 5.82 Å². The summed E-state index contributed by atoms with van der Waals surface area (Å²) in [4.78, 5) is 26.9. The first-order valence-corrected chi connectivity index (χ1v) is 7.65. The number of anilines is 1. The summed E-state index contributed by atoms with van der Waals surface area (Å²) in [6.45, 7) is 3.48. The van der Waals surface area contributed by atoms with Gasteiger partial charge in [0.2, 0.25) is 11.8 Å². The number of nitrogens with one attached hydrogen (secondary N) is 1. The molecule has 132 valence electrons. The fourth-order valence-electron chi connectivity index (χ4n) is 2.54. The maximum atomic E-state index is 14.0. The van der Waals surface area contributed by atoms with Crippen molar-refractivity contribution in [1.82, 2.24) is 9.80 Å². The van der Waals surface area contributed by atoms with Crippen molar-refractivity contribution in [2.75, 3.05) is 52.3 Å². The molecule has 8 heteroatoms. The fourth-order valence-corrected chi connectivity index (χ4v) is 2.54. The summed E-state index contributed by atoms with van der Waals surface area (Å²) in [5, 5.41) is 2.79. The van der Waals surface area contributed by atoms with Crippen molar-refractivity contribution < 1.29 is 23.5 Å². The molecule has 1 fully saturated rings. The highest BCUT2D eigenvalue weighted by Crippen LogP contribution is 2.32. The number of hydrogen-bond acceptors (Lipinski definition) is 5. The van der Waals surface area contributed by atoms with Gasteiger partial charge in [0.25, 0.3) is 0 Å². The van der Waals surface area contributed by atoms with E-state index in [1.165, 1.54) is 33.3 Å². The number of halogens is 1. The van der Waals surface area contributed by atoms with E-state index in [0.717, 1.165) is 0 Å². The highest BCUT2D eigenvalue weighted by molar-refractivity contribution is 5.81. The minimum absolute atomic E-state index is 0.00706. The van der Waals surface area contributed by atoms with Gasteiger partial charge in [0, 0.05) is 45.2 Å². The van der Waals surface area contributed by atoms with E-state index in [9.17, 15) is 14.0 Å². The van der Waals surface area contributed by atoms with Crippen molar-refractivity contribution in [3.05, 3.63) is 17.9 Å². The van der Waals surface area contributed by atoms with Gasteiger partial charge in [0.05, 0.1) is 26.5 Å². The van der Waals surface area contributed by atoms with Crippen LogP contribution in [0.25, 0.3) is 0 Å². The molecule has 7 nitrogen and oxygen atoms in total. The molecule has 0 radical (unpaired) electrons. The average Bonchev–Trinajstić information content (AvgIpc) is 2.60. The van der Waals surface area contributed by atoms with E-state index < -0.39 is 5.82 Å². The van der Waals surface area contributed by atoms with Crippen molar-refractivity contribution in [2.45, 2.75) is 6.92 Å². The van der Waals surface area contributed by atoms with Crippen molar-refractivity contribution in [3.63, 3.8) is 0 Å². The van der Waals surface area contributed by atoms with Crippen molar-refractivity contribution in [2.24, 2.45) is 0 Å². The molecule has 1 aliphatic heterocycles. The normalized spacial score (nSPS) is 14.3. The van der Waals surface area contributed by atoms with Crippen molar-refractivity contribution >= 4 is 17.5 Å². The number of carbonyl (C=O) groups is 2. The van der Waals surface area contributed by atoms with Gasteiger partial charge < -0.3 is 24.6 Å². The first kappa shape index (κ1) is 17.8. The third-order valence-electron chi connectivity index (χ3n) is 3.98. The maximum absolute atomic E-state index is 14.0. The summed E-state index contributed by atoms with van der Waals surface area (Å²) < 4.78 is 24.2. The van der Waals surface area contributed by atoms with E-state index in [1.807, 2.05) is 0 Å². The number of ether oxygens (including phenoxy) is 2. The molecule has 0 saturated carbocycles. The number of rotatable bonds is 5. The predicted octanol–water partition coefficient (Wildman–Crippen LogP) is 0.946. The van der Waals surface area contributed by atoms with Gasteiger partial charge in [-0.2, -0.15) is 0 Å². The molecule has 0 bridgehead atoms. The number of carbonyl (C=O) groups excluding carboxylic acids is 2. The molecule has 2 rings (SSSR count). The van der Waals surface area contributed by atoms with Gasteiger partial charge in [-0.05, 0) is 0 Å². The Hall–Kier alpha value is -2.51. The summed E-state index contributed by atoms with van der Waals surface area (Å²) in [7, 11) is 2.88. The zero-order valence-electron chi connectivity index (χ0n) is 14.1. The monoisotopic (exact) mass is 339 g/mol. The summed E-state index contributed by atoms with van der Waals surface area (Å²) in [5.41, 5.74) is 0.170. The second-order valence-electron chi connectivity index (χ2n) is 5.43. The Morgan fingerprint density at radius 2 is 1.62 bits per heavy atom. The molecule has 0 atom stereocenters. The van der Waals surface area contributed by atoms with Crippen molar-refractivity contribution in [3.8, 4) is 11.5 Å². The molecule has 1 aliphatic rings. The highest BCUT2D eigenvalue weighted by atomic mass is 19.1. The number of piperazine rings is 1. The molecule has 0 unspecified atom stereocenters. The number of hydrogen-bond donors (Lipinski definition) is 1. The zero-order chi connectivity index (χ0) is 17.7. The van der Waals surface area contributed by atoms with Gasteiger partial charge in [-0.25, -0.2) is 4.39 Å². The van der Waals surface area contributed by atoms with Crippen molar-refractivity contribution in [1.29, 1.82) is 0 Å². The van der Waals surface area contributed by atoms with Gasteiger partial charge in [-0.15, -0.1) is 0 Å². The van der Waals surface area contributed by atoms with Crippen LogP contribution in [0, 0.1) is 5.82 Å². The van der Waals surface area contributed by atoms with E-state index in [1.54, 1.807) is 9.80 Å². The zero-order valence-corrected chi connectivity index (χ0v) is 14.1. The maximum Gasteiger partial charge on any atom is 0.241 e. The van der Waals surface area contributed by atoms with E-state index in [-0.39, 0.29) is 29.8 Å². The fraction of sp³-hybridized carbons (Fsp3) is 0.500. The molecule has 2 amide bonds. The van der Waals surface area contributed by atoms with Crippen LogP contribution < -0.4 is 14.8 Å². The highest BCUT2D eigenvalue weighted by Gasteiger charge is 2.22. The topological polar surface area (TPSA) is 71.1 Å². The van der Waals surface area contributed by atoms with E-state index in [4.69, 9.17) is 9.47 Å². The van der Waals surface area contributed by atoms with Crippen LogP contribution in [0.5, 0.6) is 11.5 Å². The van der Waals surface area contributed by atoms with Crippen LogP contribution in [0.3, 0.4) is 0 Å². The first-order valence-electron chi connectivity index (χ1n) is 7.65. The molecule has 0 aliphatic carbocycles. The van der Waals surface area contributed by atoms with Crippen LogP contribution in [0.15, 0.2) is 12.1 Å². The minimum atomic E-state index is -0.526. The Morgan fingerprint density at radius 3 is 2.17 bits per heavy atom. The lowest BCUT2D eigenvalue weighted by Crippen LogP contribution is -2.51. The predicted molar refractivity (Wildman–Crippen MR) is 86.8 cm³/mol. The molecule has 24 heavy (non-hydrogen) atoms. The number of benzene rings is 1. The Morgan fingerprint density at radius 1 is 1.08 bits per heavy atom.